The zero-order valence-corrected chi connectivity index (χ0v) is 18.6. The van der Waals surface area contributed by atoms with Gasteiger partial charge >= 0.3 is 0 Å². The molecule has 0 aromatic heterocycles. The number of hydrogen-bond acceptors (Lipinski definition) is 2. The summed E-state index contributed by atoms with van der Waals surface area (Å²) in [6.07, 6.45) is 5.10. The van der Waals surface area contributed by atoms with Crippen molar-refractivity contribution in [1.29, 1.82) is 0 Å². The number of carbonyl (C=O) groups is 2. The molecule has 2 amide bonds. The molecule has 3 rings (SSSR count). The molecule has 0 aliphatic heterocycles. The van der Waals surface area contributed by atoms with E-state index in [0.29, 0.717) is 18.0 Å². The molecule has 0 heterocycles. The Hall–Kier alpha value is -2.33. The van der Waals surface area contributed by atoms with Crippen LogP contribution in [0.4, 0.5) is 0 Å². The van der Waals surface area contributed by atoms with E-state index in [-0.39, 0.29) is 24.3 Å². The number of benzene rings is 2. The van der Waals surface area contributed by atoms with Gasteiger partial charge in [-0.05, 0) is 43.4 Å². The first-order valence-corrected chi connectivity index (χ1v) is 11.2. The summed E-state index contributed by atoms with van der Waals surface area (Å²) >= 11 is 6.29. The normalized spacial score (nSPS) is 15.0. The number of amides is 2. The van der Waals surface area contributed by atoms with Gasteiger partial charge in [0.2, 0.25) is 11.8 Å². The van der Waals surface area contributed by atoms with Gasteiger partial charge in [-0.1, -0.05) is 79.4 Å². The molecular weight excluding hydrogens is 396 g/mol. The Morgan fingerprint density at radius 3 is 2.53 bits per heavy atom. The first-order chi connectivity index (χ1) is 14.5. The Morgan fingerprint density at radius 1 is 1.13 bits per heavy atom. The van der Waals surface area contributed by atoms with Gasteiger partial charge in [-0.3, -0.25) is 9.59 Å². The smallest absolute Gasteiger partial charge is 0.243 e. The van der Waals surface area contributed by atoms with E-state index >= 15 is 0 Å². The van der Waals surface area contributed by atoms with Crippen molar-refractivity contribution in [2.45, 2.75) is 71.0 Å². The quantitative estimate of drug-likeness (QED) is 0.641. The number of carbonyl (C=O) groups excluding carboxylic acids is 2. The SMILES string of the molecule is CC[C@H](C(=O)NC1CCCC1)N(Cc1cccc(C)c1)C(=O)Cc1ccccc1Cl. The summed E-state index contributed by atoms with van der Waals surface area (Å²) in [5.74, 6) is -0.136. The van der Waals surface area contributed by atoms with Crippen LogP contribution in [0.3, 0.4) is 0 Å². The van der Waals surface area contributed by atoms with Crippen LogP contribution in [0, 0.1) is 6.92 Å². The monoisotopic (exact) mass is 426 g/mol. The molecule has 5 heteroatoms. The fraction of sp³-hybridized carbons (Fsp3) is 0.440. The zero-order valence-electron chi connectivity index (χ0n) is 17.9. The topological polar surface area (TPSA) is 49.4 Å². The van der Waals surface area contributed by atoms with Gasteiger partial charge in [-0.2, -0.15) is 0 Å². The second-order valence-electron chi connectivity index (χ2n) is 8.19. The molecule has 160 valence electrons. The maximum absolute atomic E-state index is 13.4. The number of rotatable bonds is 8. The lowest BCUT2D eigenvalue weighted by molar-refractivity contribution is -0.141. The predicted octanol–water partition coefficient (Wildman–Crippen LogP) is 5.06. The van der Waals surface area contributed by atoms with Gasteiger partial charge < -0.3 is 10.2 Å². The molecule has 2 aromatic carbocycles. The molecule has 4 nitrogen and oxygen atoms in total. The molecule has 0 unspecified atom stereocenters. The largest absolute Gasteiger partial charge is 0.352 e. The lowest BCUT2D eigenvalue weighted by Crippen LogP contribution is -2.51. The van der Waals surface area contributed by atoms with Crippen molar-refractivity contribution >= 4 is 23.4 Å². The Balaban J connectivity index is 1.83. The standard InChI is InChI=1S/C25H31ClN2O2/c1-3-23(25(30)27-21-12-5-6-13-21)28(17-19-10-8-9-18(2)15-19)24(29)16-20-11-4-7-14-22(20)26/h4,7-11,14-15,21,23H,3,5-6,12-13,16-17H2,1-2H3,(H,27,30)/t23-/m1/s1. The van der Waals surface area contributed by atoms with Crippen molar-refractivity contribution in [3.63, 3.8) is 0 Å². The number of halogens is 1. The minimum atomic E-state index is -0.499. The van der Waals surface area contributed by atoms with E-state index in [1.165, 1.54) is 0 Å². The maximum atomic E-state index is 13.4. The molecule has 1 fully saturated rings. The van der Waals surface area contributed by atoms with Crippen molar-refractivity contribution in [2.75, 3.05) is 0 Å². The first kappa shape index (κ1) is 22.4. The number of nitrogens with zero attached hydrogens (tertiary/aromatic N) is 1. The zero-order chi connectivity index (χ0) is 21.5. The molecule has 0 radical (unpaired) electrons. The van der Waals surface area contributed by atoms with Gasteiger partial charge in [0.1, 0.15) is 6.04 Å². The van der Waals surface area contributed by atoms with Crippen molar-refractivity contribution in [2.24, 2.45) is 0 Å². The number of hydrogen-bond donors (Lipinski definition) is 1. The molecule has 1 atom stereocenters. The maximum Gasteiger partial charge on any atom is 0.243 e. The van der Waals surface area contributed by atoms with E-state index in [2.05, 4.69) is 11.4 Å². The minimum Gasteiger partial charge on any atom is -0.352 e. The molecule has 30 heavy (non-hydrogen) atoms. The van der Waals surface area contributed by atoms with Crippen LogP contribution in [0.1, 0.15) is 55.7 Å². The van der Waals surface area contributed by atoms with Crippen LogP contribution in [-0.2, 0) is 22.6 Å². The summed E-state index contributed by atoms with van der Waals surface area (Å²) in [6.45, 7) is 4.40. The summed E-state index contributed by atoms with van der Waals surface area (Å²) in [5.41, 5.74) is 2.94. The Bertz CT molecular complexity index is 877. The highest BCUT2D eigenvalue weighted by Crippen LogP contribution is 2.21. The van der Waals surface area contributed by atoms with Crippen molar-refractivity contribution in [3.8, 4) is 0 Å². The fourth-order valence-electron chi connectivity index (χ4n) is 4.20. The van der Waals surface area contributed by atoms with Gasteiger partial charge in [0.15, 0.2) is 0 Å². The predicted molar refractivity (Wildman–Crippen MR) is 121 cm³/mol. The van der Waals surface area contributed by atoms with Crippen LogP contribution in [0.5, 0.6) is 0 Å². The van der Waals surface area contributed by atoms with E-state index in [0.717, 1.165) is 42.4 Å². The highest BCUT2D eigenvalue weighted by atomic mass is 35.5. The second-order valence-corrected chi connectivity index (χ2v) is 8.60. The van der Waals surface area contributed by atoms with Crippen LogP contribution < -0.4 is 5.32 Å². The third-order valence-corrected chi connectivity index (χ3v) is 6.19. The molecule has 0 bridgehead atoms. The molecule has 1 aliphatic rings. The van der Waals surface area contributed by atoms with Crippen molar-refractivity contribution in [1.82, 2.24) is 10.2 Å². The van der Waals surface area contributed by atoms with Gasteiger partial charge in [0.05, 0.1) is 6.42 Å². The van der Waals surface area contributed by atoms with E-state index in [4.69, 9.17) is 11.6 Å². The molecule has 0 spiro atoms. The highest BCUT2D eigenvalue weighted by molar-refractivity contribution is 6.31. The van der Waals surface area contributed by atoms with E-state index in [9.17, 15) is 9.59 Å². The first-order valence-electron chi connectivity index (χ1n) is 10.9. The van der Waals surface area contributed by atoms with Crippen LogP contribution in [-0.4, -0.2) is 28.8 Å². The van der Waals surface area contributed by atoms with Gasteiger partial charge in [-0.15, -0.1) is 0 Å². The molecule has 1 N–H and O–H groups in total. The van der Waals surface area contributed by atoms with E-state index in [1.54, 1.807) is 11.0 Å². The Labute approximate surface area is 184 Å². The molecule has 2 aromatic rings. The van der Waals surface area contributed by atoms with Crippen molar-refractivity contribution < 1.29 is 9.59 Å². The molecular formula is C25H31ClN2O2. The lowest BCUT2D eigenvalue weighted by atomic mass is 10.1. The van der Waals surface area contributed by atoms with E-state index < -0.39 is 6.04 Å². The molecule has 1 aliphatic carbocycles. The summed E-state index contributed by atoms with van der Waals surface area (Å²) in [4.78, 5) is 28.2. The van der Waals surface area contributed by atoms with Gasteiger partial charge in [-0.25, -0.2) is 0 Å². The minimum absolute atomic E-state index is 0.0513. The number of nitrogens with one attached hydrogen (secondary N) is 1. The number of aryl methyl sites for hydroxylation is 1. The average Bonchev–Trinajstić information content (AvgIpc) is 3.22. The van der Waals surface area contributed by atoms with Crippen LogP contribution in [0.2, 0.25) is 5.02 Å². The summed E-state index contributed by atoms with van der Waals surface area (Å²) < 4.78 is 0. The third-order valence-electron chi connectivity index (χ3n) is 5.82. The lowest BCUT2D eigenvalue weighted by Gasteiger charge is -2.32. The van der Waals surface area contributed by atoms with Crippen molar-refractivity contribution in [3.05, 3.63) is 70.2 Å². The second kappa shape index (κ2) is 10.6. The molecule has 0 saturated heterocycles. The van der Waals surface area contributed by atoms with Crippen LogP contribution in [0.25, 0.3) is 0 Å². The van der Waals surface area contributed by atoms with Crippen LogP contribution >= 0.6 is 11.6 Å². The average molecular weight is 427 g/mol. The Kier molecular flexibility index (Phi) is 7.92. The van der Waals surface area contributed by atoms with Crippen LogP contribution in [0.15, 0.2) is 48.5 Å². The fourth-order valence-corrected chi connectivity index (χ4v) is 4.40. The Morgan fingerprint density at radius 2 is 1.87 bits per heavy atom. The highest BCUT2D eigenvalue weighted by Gasteiger charge is 2.30. The third kappa shape index (κ3) is 5.85. The molecule has 1 saturated carbocycles. The van der Waals surface area contributed by atoms with Gasteiger partial charge in [0, 0.05) is 17.6 Å². The van der Waals surface area contributed by atoms with E-state index in [1.807, 2.05) is 50.2 Å². The summed E-state index contributed by atoms with van der Waals surface area (Å²) in [6, 6.07) is 15.2. The van der Waals surface area contributed by atoms with Gasteiger partial charge in [0.25, 0.3) is 0 Å². The summed E-state index contributed by atoms with van der Waals surface area (Å²) in [5, 5.41) is 3.75. The summed E-state index contributed by atoms with van der Waals surface area (Å²) in [7, 11) is 0.